The second kappa shape index (κ2) is 8.18. The highest BCUT2D eigenvalue weighted by Crippen LogP contribution is 2.26. The van der Waals surface area contributed by atoms with Crippen LogP contribution in [-0.4, -0.2) is 44.3 Å². The highest BCUT2D eigenvalue weighted by molar-refractivity contribution is 5.74. The van der Waals surface area contributed by atoms with E-state index in [9.17, 15) is 4.79 Å². The molecule has 3 rings (SSSR count). The lowest BCUT2D eigenvalue weighted by molar-refractivity contribution is 0.00303. The molecule has 0 bridgehead atoms. The number of hydrogen-bond donors (Lipinski definition) is 1. The lowest BCUT2D eigenvalue weighted by atomic mass is 10.1. The average molecular weight is 344 g/mol. The van der Waals surface area contributed by atoms with Crippen molar-refractivity contribution in [1.82, 2.24) is 10.2 Å². The number of amides is 2. The molecule has 2 atom stereocenters. The minimum absolute atomic E-state index is 0.139. The van der Waals surface area contributed by atoms with Gasteiger partial charge in [-0.05, 0) is 24.6 Å². The highest BCUT2D eigenvalue weighted by Gasteiger charge is 2.31. The van der Waals surface area contributed by atoms with E-state index < -0.39 is 0 Å². The molecule has 6 nitrogen and oxygen atoms in total. The second-order valence-corrected chi connectivity index (χ2v) is 6.05. The Balaban J connectivity index is 1.64. The molecule has 0 saturated carbocycles. The van der Waals surface area contributed by atoms with Gasteiger partial charge in [0.25, 0.3) is 0 Å². The highest BCUT2D eigenvalue weighted by atomic mass is 16.5. The van der Waals surface area contributed by atoms with Gasteiger partial charge in [0, 0.05) is 20.2 Å². The Labute approximate surface area is 147 Å². The maximum Gasteiger partial charge on any atom is 0.318 e. The SMILES string of the molecule is CO[C@H](CNC(=O)N1CCOC[C@@H]1c1ccc(C)o1)c1ccccc1. The smallest absolute Gasteiger partial charge is 0.318 e. The molecule has 0 radical (unpaired) electrons. The minimum atomic E-state index is -0.208. The number of hydrogen-bond acceptors (Lipinski definition) is 4. The van der Waals surface area contributed by atoms with Crippen molar-refractivity contribution in [2.45, 2.75) is 19.1 Å². The van der Waals surface area contributed by atoms with Gasteiger partial charge in [-0.15, -0.1) is 0 Å². The Kier molecular flexibility index (Phi) is 5.73. The summed E-state index contributed by atoms with van der Waals surface area (Å²) < 4.78 is 16.7. The normalized spacial score (nSPS) is 18.8. The van der Waals surface area contributed by atoms with E-state index in [1.165, 1.54) is 0 Å². The van der Waals surface area contributed by atoms with Crippen LogP contribution in [0.4, 0.5) is 4.79 Å². The number of methoxy groups -OCH3 is 1. The van der Waals surface area contributed by atoms with Gasteiger partial charge >= 0.3 is 6.03 Å². The molecule has 2 heterocycles. The summed E-state index contributed by atoms with van der Waals surface area (Å²) in [6.07, 6.45) is -0.185. The summed E-state index contributed by atoms with van der Waals surface area (Å²) >= 11 is 0. The van der Waals surface area contributed by atoms with Gasteiger partial charge in [0.05, 0.1) is 19.3 Å². The Bertz CT molecular complexity index is 686. The lowest BCUT2D eigenvalue weighted by Gasteiger charge is -2.34. The first-order valence-corrected chi connectivity index (χ1v) is 8.45. The van der Waals surface area contributed by atoms with Gasteiger partial charge in [-0.25, -0.2) is 4.79 Å². The zero-order valence-electron chi connectivity index (χ0n) is 14.6. The van der Waals surface area contributed by atoms with Crippen LogP contribution in [0.2, 0.25) is 0 Å². The van der Waals surface area contributed by atoms with Gasteiger partial charge in [0.1, 0.15) is 17.6 Å². The maximum atomic E-state index is 12.7. The Hall–Kier alpha value is -2.31. The van der Waals surface area contributed by atoms with Crippen molar-refractivity contribution in [3.05, 3.63) is 59.5 Å². The summed E-state index contributed by atoms with van der Waals surface area (Å²) in [5.41, 5.74) is 1.03. The molecule has 134 valence electrons. The molecule has 0 spiro atoms. The van der Waals surface area contributed by atoms with Crippen molar-refractivity contribution in [2.24, 2.45) is 0 Å². The fourth-order valence-electron chi connectivity index (χ4n) is 3.00. The maximum absolute atomic E-state index is 12.7. The molecule has 25 heavy (non-hydrogen) atoms. The third-order valence-electron chi connectivity index (χ3n) is 4.37. The topological polar surface area (TPSA) is 63.9 Å². The van der Waals surface area contributed by atoms with Gasteiger partial charge < -0.3 is 24.1 Å². The molecule has 1 aliphatic rings. The quantitative estimate of drug-likeness (QED) is 0.905. The third-order valence-corrected chi connectivity index (χ3v) is 4.37. The monoisotopic (exact) mass is 344 g/mol. The van der Waals surface area contributed by atoms with E-state index in [0.29, 0.717) is 26.3 Å². The molecular formula is C19H24N2O4. The molecule has 2 aromatic rings. The first-order chi connectivity index (χ1) is 12.2. The van der Waals surface area contributed by atoms with Crippen LogP contribution in [0.5, 0.6) is 0 Å². The standard InChI is InChI=1S/C19H24N2O4/c1-14-8-9-17(25-14)16-13-24-11-10-21(16)19(22)20-12-18(23-2)15-6-4-3-5-7-15/h3-9,16,18H,10-13H2,1-2H3,(H,20,22)/t16-,18-/m1/s1. The van der Waals surface area contributed by atoms with Crippen molar-refractivity contribution < 1.29 is 18.7 Å². The largest absolute Gasteiger partial charge is 0.464 e. The minimum Gasteiger partial charge on any atom is -0.464 e. The van der Waals surface area contributed by atoms with Crippen LogP contribution in [0.1, 0.15) is 29.2 Å². The third kappa shape index (κ3) is 4.21. The van der Waals surface area contributed by atoms with Crippen LogP contribution >= 0.6 is 0 Å². The van der Waals surface area contributed by atoms with Crippen LogP contribution in [-0.2, 0) is 9.47 Å². The molecule has 1 saturated heterocycles. The Morgan fingerprint density at radius 2 is 2.12 bits per heavy atom. The Morgan fingerprint density at radius 1 is 1.32 bits per heavy atom. The number of benzene rings is 1. The van der Waals surface area contributed by atoms with Crippen LogP contribution in [0.15, 0.2) is 46.9 Å². The number of morpholine rings is 1. The number of aryl methyl sites for hydroxylation is 1. The number of urea groups is 1. The zero-order chi connectivity index (χ0) is 17.6. The molecule has 1 aromatic carbocycles. The van der Waals surface area contributed by atoms with Gasteiger partial charge in [-0.1, -0.05) is 30.3 Å². The van der Waals surface area contributed by atoms with E-state index in [2.05, 4.69) is 5.32 Å². The summed E-state index contributed by atoms with van der Waals surface area (Å²) in [6.45, 7) is 3.78. The van der Waals surface area contributed by atoms with Crippen molar-refractivity contribution in [1.29, 1.82) is 0 Å². The first kappa shape index (κ1) is 17.5. The van der Waals surface area contributed by atoms with Gasteiger partial charge in [0.15, 0.2) is 0 Å². The average Bonchev–Trinajstić information content (AvgIpc) is 3.09. The summed E-state index contributed by atoms with van der Waals surface area (Å²) in [5.74, 6) is 1.57. The number of furan rings is 1. The first-order valence-electron chi connectivity index (χ1n) is 8.45. The summed E-state index contributed by atoms with van der Waals surface area (Å²) in [7, 11) is 1.65. The molecule has 1 fully saturated rings. The van der Waals surface area contributed by atoms with Gasteiger partial charge in [-0.2, -0.15) is 0 Å². The van der Waals surface area contributed by atoms with Gasteiger partial charge in [-0.3, -0.25) is 0 Å². The summed E-state index contributed by atoms with van der Waals surface area (Å²) in [4.78, 5) is 14.5. The van der Waals surface area contributed by atoms with Crippen molar-refractivity contribution >= 4 is 6.03 Å². The predicted molar refractivity (Wildman–Crippen MR) is 93.3 cm³/mol. The Morgan fingerprint density at radius 3 is 2.80 bits per heavy atom. The lowest BCUT2D eigenvalue weighted by Crippen LogP contribution is -2.48. The summed E-state index contributed by atoms with van der Waals surface area (Å²) in [6, 6.07) is 13.3. The molecule has 2 amide bonds. The molecule has 0 unspecified atom stereocenters. The van der Waals surface area contributed by atoms with E-state index in [4.69, 9.17) is 13.9 Å². The molecule has 6 heteroatoms. The molecular weight excluding hydrogens is 320 g/mol. The predicted octanol–water partition coefficient (Wildman–Crippen LogP) is 3.06. The van der Waals surface area contributed by atoms with E-state index in [0.717, 1.165) is 17.1 Å². The second-order valence-electron chi connectivity index (χ2n) is 6.05. The number of carbonyl (C=O) groups is 1. The molecule has 1 aliphatic heterocycles. The number of rotatable bonds is 5. The number of nitrogens with zero attached hydrogens (tertiary/aromatic N) is 1. The number of ether oxygens (including phenoxy) is 2. The number of nitrogens with one attached hydrogen (secondary N) is 1. The van der Waals surface area contributed by atoms with Crippen molar-refractivity contribution in [3.8, 4) is 0 Å². The van der Waals surface area contributed by atoms with Crippen molar-refractivity contribution in [3.63, 3.8) is 0 Å². The van der Waals surface area contributed by atoms with E-state index >= 15 is 0 Å². The molecule has 0 aliphatic carbocycles. The van der Waals surface area contributed by atoms with E-state index in [1.807, 2.05) is 49.4 Å². The summed E-state index contributed by atoms with van der Waals surface area (Å²) in [5, 5.41) is 2.97. The van der Waals surface area contributed by atoms with Crippen LogP contribution in [0.25, 0.3) is 0 Å². The fraction of sp³-hybridized carbons (Fsp3) is 0.421. The fourth-order valence-corrected chi connectivity index (χ4v) is 3.00. The van der Waals surface area contributed by atoms with Gasteiger partial charge in [0.2, 0.25) is 0 Å². The van der Waals surface area contributed by atoms with Crippen molar-refractivity contribution in [2.75, 3.05) is 33.4 Å². The van der Waals surface area contributed by atoms with E-state index in [1.54, 1.807) is 12.0 Å². The number of carbonyl (C=O) groups excluding carboxylic acids is 1. The van der Waals surface area contributed by atoms with Crippen LogP contribution < -0.4 is 5.32 Å². The zero-order valence-corrected chi connectivity index (χ0v) is 14.6. The van der Waals surface area contributed by atoms with Crippen LogP contribution in [0, 0.1) is 6.92 Å². The van der Waals surface area contributed by atoms with Crippen LogP contribution in [0.3, 0.4) is 0 Å². The molecule has 1 aromatic heterocycles. The molecule has 1 N–H and O–H groups in total. The van der Waals surface area contributed by atoms with E-state index in [-0.39, 0.29) is 18.2 Å².